The van der Waals surface area contributed by atoms with Crippen LogP contribution in [0.3, 0.4) is 0 Å². The lowest BCUT2D eigenvalue weighted by atomic mass is 10.1. The Morgan fingerprint density at radius 1 is 1.00 bits per heavy atom. The molecule has 0 bridgehead atoms. The maximum Gasteiger partial charge on any atom is 0.524 e. The Hall–Kier alpha value is -4.29. The number of imidazole rings is 1. The van der Waals surface area contributed by atoms with Crippen molar-refractivity contribution < 1.29 is 38.3 Å². The highest BCUT2D eigenvalue weighted by molar-refractivity contribution is 7.46. The largest absolute Gasteiger partial charge is 0.524 e. The molecule has 14 heteroatoms. The van der Waals surface area contributed by atoms with Gasteiger partial charge in [0.05, 0.1) is 37.3 Å². The van der Waals surface area contributed by atoms with Gasteiger partial charge in [0.15, 0.2) is 5.82 Å². The van der Waals surface area contributed by atoms with Gasteiger partial charge in [-0.1, -0.05) is 25.5 Å². The Balaban J connectivity index is 1.44. The average molecular weight is 610 g/mol. The number of carbonyl (C=O) groups excluding carboxylic acids is 2. The zero-order valence-electron chi connectivity index (χ0n) is 23.5. The number of pyridine rings is 1. The van der Waals surface area contributed by atoms with E-state index in [2.05, 4.69) is 11.9 Å². The fourth-order valence-corrected chi connectivity index (χ4v) is 5.47. The summed E-state index contributed by atoms with van der Waals surface area (Å²) >= 11 is 0. The lowest BCUT2D eigenvalue weighted by Crippen LogP contribution is -2.33. The fraction of sp³-hybridized carbons (Fsp3) is 0.310. The second-order valence-corrected chi connectivity index (χ2v) is 11.3. The summed E-state index contributed by atoms with van der Waals surface area (Å²) in [5.74, 6) is 0.127. The molecule has 2 aromatic heterocycles. The van der Waals surface area contributed by atoms with E-state index in [4.69, 9.17) is 20.0 Å². The van der Waals surface area contributed by atoms with Gasteiger partial charge in [0.25, 0.3) is 11.8 Å². The van der Waals surface area contributed by atoms with Crippen LogP contribution in [0.5, 0.6) is 11.5 Å². The number of aromatic hydroxyl groups is 1. The summed E-state index contributed by atoms with van der Waals surface area (Å²) in [5, 5.41) is 10.9. The quantitative estimate of drug-likeness (QED) is 0.0989. The standard InChI is InChI=1S/C29H32N5O8P/c1-2-3-4-24-32-27-28(34(24)17-19-16-20(35)6-8-23(19)42-43(38,39)40)21-7-5-18(15-22(21)31-29(27)30)11-13-41-14-12-33-25(36)9-10-26(33)37/h5-10,15-16,35H,2-4,11-14,17H2,1H3,(H2,30,31)(H2,38,39,40). The Morgan fingerprint density at radius 2 is 1.77 bits per heavy atom. The number of imide groups is 1. The van der Waals surface area contributed by atoms with E-state index in [1.807, 2.05) is 22.8 Å². The minimum absolute atomic E-state index is 0.0576. The number of anilines is 1. The summed E-state index contributed by atoms with van der Waals surface area (Å²) in [6, 6.07) is 9.78. The van der Waals surface area contributed by atoms with E-state index in [0.29, 0.717) is 47.4 Å². The lowest BCUT2D eigenvalue weighted by molar-refractivity contribution is -0.137. The van der Waals surface area contributed by atoms with E-state index in [9.17, 15) is 29.0 Å². The van der Waals surface area contributed by atoms with Crippen molar-refractivity contribution in [2.24, 2.45) is 0 Å². The number of aryl methyl sites for hydroxylation is 1. The van der Waals surface area contributed by atoms with E-state index in [1.165, 1.54) is 30.4 Å². The molecule has 13 nitrogen and oxygen atoms in total. The SMILES string of the molecule is CCCCc1nc2c(N)nc3cc(CCOCCN4C(=O)C=CC4=O)ccc3c2n1Cc1cc(O)ccc1OP(=O)(O)O. The first kappa shape index (κ1) is 30.2. The minimum atomic E-state index is -4.86. The van der Waals surface area contributed by atoms with Gasteiger partial charge in [-0.05, 0) is 42.7 Å². The van der Waals surface area contributed by atoms with Crippen molar-refractivity contribution in [3.8, 4) is 11.5 Å². The Morgan fingerprint density at radius 3 is 2.49 bits per heavy atom. The number of phenols is 1. The number of amides is 2. The van der Waals surface area contributed by atoms with Crippen LogP contribution in [0.15, 0.2) is 48.6 Å². The number of nitrogen functional groups attached to an aromatic ring is 1. The van der Waals surface area contributed by atoms with Gasteiger partial charge < -0.3 is 24.7 Å². The molecule has 43 heavy (non-hydrogen) atoms. The van der Waals surface area contributed by atoms with E-state index in [-0.39, 0.29) is 48.8 Å². The maximum absolute atomic E-state index is 11.7. The number of phosphoric acid groups is 1. The first-order valence-corrected chi connectivity index (χ1v) is 15.3. The number of benzene rings is 2. The highest BCUT2D eigenvalue weighted by atomic mass is 31.2. The van der Waals surface area contributed by atoms with Gasteiger partial charge in [0.1, 0.15) is 22.8 Å². The number of carbonyl (C=O) groups is 2. The van der Waals surface area contributed by atoms with Gasteiger partial charge in [0, 0.05) is 29.5 Å². The van der Waals surface area contributed by atoms with Crippen LogP contribution in [0.1, 0.15) is 36.7 Å². The maximum atomic E-state index is 11.7. The molecule has 0 unspecified atom stereocenters. The Kier molecular flexibility index (Phi) is 8.79. The number of rotatable bonds is 13. The molecule has 3 heterocycles. The van der Waals surface area contributed by atoms with Gasteiger partial charge in [-0.2, -0.15) is 0 Å². The van der Waals surface area contributed by atoms with Crippen molar-refractivity contribution in [1.29, 1.82) is 0 Å². The van der Waals surface area contributed by atoms with Gasteiger partial charge >= 0.3 is 7.82 Å². The topological polar surface area (TPSA) is 190 Å². The van der Waals surface area contributed by atoms with Crippen molar-refractivity contribution in [2.75, 3.05) is 25.5 Å². The normalized spacial score (nSPS) is 13.6. The molecule has 0 saturated carbocycles. The van der Waals surface area contributed by atoms with Crippen LogP contribution in [-0.2, 0) is 38.3 Å². The molecule has 0 radical (unpaired) electrons. The minimum Gasteiger partial charge on any atom is -0.508 e. The van der Waals surface area contributed by atoms with Crippen LogP contribution >= 0.6 is 7.82 Å². The molecule has 0 aliphatic carbocycles. The number of fused-ring (bicyclic) bond motifs is 3. The molecule has 4 aromatic rings. The second-order valence-electron chi connectivity index (χ2n) is 10.2. The number of hydrogen-bond donors (Lipinski definition) is 4. The van der Waals surface area contributed by atoms with Gasteiger partial charge in [0.2, 0.25) is 0 Å². The van der Waals surface area contributed by atoms with Crippen molar-refractivity contribution >= 4 is 47.4 Å². The predicted molar refractivity (Wildman–Crippen MR) is 158 cm³/mol. The van der Waals surface area contributed by atoms with Crippen LogP contribution in [0.4, 0.5) is 5.82 Å². The first-order valence-electron chi connectivity index (χ1n) is 13.8. The third kappa shape index (κ3) is 6.86. The van der Waals surface area contributed by atoms with Crippen LogP contribution < -0.4 is 10.3 Å². The monoisotopic (exact) mass is 609 g/mol. The second kappa shape index (κ2) is 12.5. The highest BCUT2D eigenvalue weighted by Gasteiger charge is 2.24. The van der Waals surface area contributed by atoms with Gasteiger partial charge in [-0.15, -0.1) is 0 Å². The molecule has 1 aliphatic rings. The Labute approximate surface area is 246 Å². The number of aromatic nitrogens is 3. The predicted octanol–water partition coefficient (Wildman–Crippen LogP) is 3.22. The summed E-state index contributed by atoms with van der Waals surface area (Å²) in [4.78, 5) is 52.8. The van der Waals surface area contributed by atoms with Crippen LogP contribution in [0.2, 0.25) is 0 Å². The number of nitrogens with zero attached hydrogens (tertiary/aromatic N) is 4. The third-order valence-corrected chi connectivity index (χ3v) is 7.52. The molecule has 2 aromatic carbocycles. The van der Waals surface area contributed by atoms with E-state index < -0.39 is 7.82 Å². The zero-order valence-corrected chi connectivity index (χ0v) is 24.4. The summed E-state index contributed by atoms with van der Waals surface area (Å²) in [5.41, 5.74) is 9.53. The number of unbranched alkanes of at least 4 members (excludes halogenated alkanes) is 1. The lowest BCUT2D eigenvalue weighted by Gasteiger charge is -2.16. The van der Waals surface area contributed by atoms with Crippen LogP contribution in [0, 0.1) is 0 Å². The summed E-state index contributed by atoms with van der Waals surface area (Å²) in [6.07, 6.45) is 5.43. The molecule has 5 N–H and O–H groups in total. The number of phosphoric ester groups is 1. The number of nitrogens with two attached hydrogens (primary N) is 1. The molecule has 0 atom stereocenters. The van der Waals surface area contributed by atoms with E-state index in [1.54, 1.807) is 0 Å². The number of hydrogen-bond acceptors (Lipinski definition) is 9. The molecule has 1 aliphatic heterocycles. The van der Waals surface area contributed by atoms with Crippen molar-refractivity contribution in [2.45, 2.75) is 39.2 Å². The van der Waals surface area contributed by atoms with Crippen LogP contribution in [0.25, 0.3) is 21.9 Å². The summed E-state index contributed by atoms with van der Waals surface area (Å²) < 4.78 is 24.1. The summed E-state index contributed by atoms with van der Waals surface area (Å²) in [6.45, 7) is 2.94. The smallest absolute Gasteiger partial charge is 0.508 e. The van der Waals surface area contributed by atoms with E-state index in [0.717, 1.165) is 28.7 Å². The third-order valence-electron chi connectivity index (χ3n) is 7.09. The molecule has 2 amide bonds. The fourth-order valence-electron chi connectivity index (χ4n) is 5.03. The van der Waals surface area contributed by atoms with Crippen molar-refractivity contribution in [3.63, 3.8) is 0 Å². The molecular formula is C29H32N5O8P. The molecule has 0 spiro atoms. The van der Waals surface area contributed by atoms with Gasteiger partial charge in [-0.25, -0.2) is 14.5 Å². The molecule has 0 saturated heterocycles. The number of phenolic OH excluding ortho intramolecular Hbond substituents is 1. The van der Waals surface area contributed by atoms with E-state index >= 15 is 0 Å². The Bertz CT molecular complexity index is 1760. The zero-order chi connectivity index (χ0) is 30.7. The van der Waals surface area contributed by atoms with Crippen molar-refractivity contribution in [1.82, 2.24) is 19.4 Å². The highest BCUT2D eigenvalue weighted by Crippen LogP contribution is 2.41. The molecule has 226 valence electrons. The van der Waals surface area contributed by atoms with Gasteiger partial charge in [-0.3, -0.25) is 24.3 Å². The van der Waals surface area contributed by atoms with Crippen LogP contribution in [-0.4, -0.2) is 65.9 Å². The van der Waals surface area contributed by atoms with Crippen molar-refractivity contribution in [3.05, 3.63) is 65.5 Å². The first-order chi connectivity index (χ1) is 20.5. The summed E-state index contributed by atoms with van der Waals surface area (Å²) in [7, 11) is -4.86. The molecule has 0 fully saturated rings. The molecule has 5 rings (SSSR count). The average Bonchev–Trinajstić information content (AvgIpc) is 3.47. The molecular weight excluding hydrogens is 577 g/mol. The number of ether oxygens (including phenoxy) is 1.